The van der Waals surface area contributed by atoms with E-state index in [0.717, 1.165) is 25.1 Å². The first-order valence-electron chi connectivity index (χ1n) is 5.35. The van der Waals surface area contributed by atoms with Crippen molar-refractivity contribution in [3.8, 4) is 0 Å². The van der Waals surface area contributed by atoms with E-state index in [0.29, 0.717) is 18.2 Å². The molecule has 0 saturated carbocycles. The average Bonchev–Trinajstić information content (AvgIpc) is 2.30. The van der Waals surface area contributed by atoms with Gasteiger partial charge in [0.1, 0.15) is 6.73 Å². The van der Waals surface area contributed by atoms with Crippen molar-refractivity contribution in [1.82, 2.24) is 4.90 Å². The van der Waals surface area contributed by atoms with Gasteiger partial charge < -0.3 is 9.64 Å². The predicted octanol–water partition coefficient (Wildman–Crippen LogP) is 2.09. The van der Waals surface area contributed by atoms with Crippen LogP contribution >= 0.6 is 11.6 Å². The van der Waals surface area contributed by atoms with Gasteiger partial charge in [-0.05, 0) is 24.1 Å². The van der Waals surface area contributed by atoms with Crippen LogP contribution in [0, 0.1) is 0 Å². The Labute approximate surface area is 100.0 Å². The van der Waals surface area contributed by atoms with E-state index >= 15 is 0 Å². The highest BCUT2D eigenvalue weighted by Crippen LogP contribution is 2.12. The van der Waals surface area contributed by atoms with Gasteiger partial charge in [-0.25, -0.2) is 0 Å². The molecule has 1 saturated heterocycles. The summed E-state index contributed by atoms with van der Waals surface area (Å²) >= 11 is 5.86. The third kappa shape index (κ3) is 2.97. The molecule has 0 N–H and O–H groups in total. The average molecular weight is 240 g/mol. The number of halogens is 1. The Morgan fingerprint density at radius 2 is 2.38 bits per heavy atom. The minimum atomic E-state index is 0.0990. The van der Waals surface area contributed by atoms with Crippen LogP contribution in [0.1, 0.15) is 12.0 Å². The number of nitrogens with zero attached hydrogens (tertiary/aromatic N) is 1. The molecule has 86 valence electrons. The number of rotatable bonds is 2. The smallest absolute Gasteiger partial charge is 0.228 e. The summed E-state index contributed by atoms with van der Waals surface area (Å²) in [7, 11) is 0. The van der Waals surface area contributed by atoms with Gasteiger partial charge in [0.25, 0.3) is 0 Å². The molecular weight excluding hydrogens is 226 g/mol. The maximum absolute atomic E-state index is 11.9. The van der Waals surface area contributed by atoms with Crippen LogP contribution in [0.15, 0.2) is 24.3 Å². The largest absolute Gasteiger partial charge is 0.361 e. The SMILES string of the molecule is O=C(Cc1cccc(Cl)c1)N1CCCOC1. The van der Waals surface area contributed by atoms with Crippen molar-refractivity contribution < 1.29 is 9.53 Å². The minimum absolute atomic E-state index is 0.0990. The summed E-state index contributed by atoms with van der Waals surface area (Å²) in [5.74, 6) is 0.0990. The van der Waals surface area contributed by atoms with Crippen LogP contribution in [-0.2, 0) is 16.0 Å². The lowest BCUT2D eigenvalue weighted by Gasteiger charge is -2.26. The topological polar surface area (TPSA) is 29.5 Å². The molecule has 1 aliphatic heterocycles. The molecule has 1 amide bonds. The molecule has 0 aromatic heterocycles. The maximum Gasteiger partial charge on any atom is 0.228 e. The van der Waals surface area contributed by atoms with E-state index in [1.807, 2.05) is 18.2 Å². The molecule has 0 bridgehead atoms. The molecule has 0 atom stereocenters. The van der Waals surface area contributed by atoms with Crippen LogP contribution in [0.2, 0.25) is 5.02 Å². The summed E-state index contributed by atoms with van der Waals surface area (Å²) < 4.78 is 5.24. The molecular formula is C12H14ClNO2. The zero-order valence-electron chi connectivity index (χ0n) is 8.99. The number of amides is 1. The zero-order valence-corrected chi connectivity index (χ0v) is 9.74. The third-order valence-corrected chi connectivity index (χ3v) is 2.80. The molecule has 0 unspecified atom stereocenters. The highest BCUT2D eigenvalue weighted by Gasteiger charge is 2.16. The van der Waals surface area contributed by atoms with Crippen molar-refractivity contribution in [3.05, 3.63) is 34.9 Å². The highest BCUT2D eigenvalue weighted by atomic mass is 35.5. The number of carbonyl (C=O) groups is 1. The second-order valence-corrected chi connectivity index (χ2v) is 4.29. The maximum atomic E-state index is 11.9. The molecule has 4 heteroatoms. The summed E-state index contributed by atoms with van der Waals surface area (Å²) in [5, 5.41) is 0.667. The van der Waals surface area contributed by atoms with Crippen molar-refractivity contribution in [1.29, 1.82) is 0 Å². The number of carbonyl (C=O) groups excluding carboxylic acids is 1. The van der Waals surface area contributed by atoms with Crippen LogP contribution in [-0.4, -0.2) is 30.7 Å². The number of hydrogen-bond donors (Lipinski definition) is 0. The Morgan fingerprint density at radius 1 is 1.50 bits per heavy atom. The first-order valence-corrected chi connectivity index (χ1v) is 5.73. The van der Waals surface area contributed by atoms with Gasteiger partial charge in [0, 0.05) is 11.6 Å². The van der Waals surface area contributed by atoms with E-state index in [9.17, 15) is 4.79 Å². The summed E-state index contributed by atoms with van der Waals surface area (Å²) in [6, 6.07) is 7.40. The van der Waals surface area contributed by atoms with E-state index in [-0.39, 0.29) is 5.91 Å². The van der Waals surface area contributed by atoms with Crippen LogP contribution in [0.25, 0.3) is 0 Å². The lowest BCUT2D eigenvalue weighted by atomic mass is 10.1. The molecule has 1 aliphatic rings. The second kappa shape index (κ2) is 5.32. The van der Waals surface area contributed by atoms with Crippen LogP contribution in [0.5, 0.6) is 0 Å². The Kier molecular flexibility index (Phi) is 3.80. The van der Waals surface area contributed by atoms with Gasteiger partial charge in [0.2, 0.25) is 5.91 Å². The molecule has 1 heterocycles. The minimum Gasteiger partial charge on any atom is -0.361 e. The molecule has 1 aromatic carbocycles. The molecule has 16 heavy (non-hydrogen) atoms. The fraction of sp³-hybridized carbons (Fsp3) is 0.417. The zero-order chi connectivity index (χ0) is 11.4. The fourth-order valence-corrected chi connectivity index (χ4v) is 1.94. The third-order valence-electron chi connectivity index (χ3n) is 2.56. The normalized spacial score (nSPS) is 16.2. The molecule has 3 nitrogen and oxygen atoms in total. The first-order chi connectivity index (χ1) is 7.75. The van der Waals surface area contributed by atoms with Gasteiger partial charge in [0.15, 0.2) is 0 Å². The van der Waals surface area contributed by atoms with Crippen molar-refractivity contribution >= 4 is 17.5 Å². The second-order valence-electron chi connectivity index (χ2n) is 3.85. The standard InChI is InChI=1S/C12H14ClNO2/c13-11-4-1-3-10(7-11)8-12(15)14-5-2-6-16-9-14/h1,3-4,7H,2,5-6,8-9H2. The van der Waals surface area contributed by atoms with E-state index in [1.54, 1.807) is 11.0 Å². The Morgan fingerprint density at radius 3 is 3.06 bits per heavy atom. The summed E-state index contributed by atoms with van der Waals surface area (Å²) in [4.78, 5) is 13.6. The fourth-order valence-electron chi connectivity index (χ4n) is 1.73. The lowest BCUT2D eigenvalue weighted by Crippen LogP contribution is -2.39. The number of ether oxygens (including phenoxy) is 1. The van der Waals surface area contributed by atoms with Gasteiger partial charge in [0.05, 0.1) is 13.0 Å². The van der Waals surface area contributed by atoms with E-state index in [1.165, 1.54) is 0 Å². The van der Waals surface area contributed by atoms with Gasteiger partial charge in [-0.1, -0.05) is 23.7 Å². The summed E-state index contributed by atoms with van der Waals surface area (Å²) in [5.41, 5.74) is 0.947. The quantitative estimate of drug-likeness (QED) is 0.791. The van der Waals surface area contributed by atoms with Crippen LogP contribution < -0.4 is 0 Å². The van der Waals surface area contributed by atoms with E-state index in [2.05, 4.69) is 0 Å². The lowest BCUT2D eigenvalue weighted by molar-refractivity contribution is -0.139. The first kappa shape index (κ1) is 11.4. The molecule has 0 radical (unpaired) electrons. The Balaban J connectivity index is 1.96. The molecule has 1 aromatic rings. The van der Waals surface area contributed by atoms with Gasteiger partial charge >= 0.3 is 0 Å². The number of hydrogen-bond acceptors (Lipinski definition) is 2. The van der Waals surface area contributed by atoms with Gasteiger partial charge in [-0.3, -0.25) is 4.79 Å². The molecule has 0 aliphatic carbocycles. The number of benzene rings is 1. The molecule has 0 spiro atoms. The van der Waals surface area contributed by atoms with Crippen LogP contribution in [0.3, 0.4) is 0 Å². The van der Waals surface area contributed by atoms with Gasteiger partial charge in [-0.2, -0.15) is 0 Å². The van der Waals surface area contributed by atoms with Crippen molar-refractivity contribution in [3.63, 3.8) is 0 Å². The van der Waals surface area contributed by atoms with E-state index in [4.69, 9.17) is 16.3 Å². The van der Waals surface area contributed by atoms with Gasteiger partial charge in [-0.15, -0.1) is 0 Å². The van der Waals surface area contributed by atoms with Crippen molar-refractivity contribution in [2.45, 2.75) is 12.8 Å². The Hall–Kier alpha value is -1.06. The highest BCUT2D eigenvalue weighted by molar-refractivity contribution is 6.30. The Bertz CT molecular complexity index is 375. The van der Waals surface area contributed by atoms with Crippen molar-refractivity contribution in [2.75, 3.05) is 19.9 Å². The summed E-state index contributed by atoms with van der Waals surface area (Å²) in [6.45, 7) is 1.96. The van der Waals surface area contributed by atoms with Crippen molar-refractivity contribution in [2.24, 2.45) is 0 Å². The molecule has 1 fully saturated rings. The van der Waals surface area contributed by atoms with Crippen LogP contribution in [0.4, 0.5) is 0 Å². The molecule has 2 rings (SSSR count). The summed E-state index contributed by atoms with van der Waals surface area (Å²) in [6.07, 6.45) is 1.31. The monoisotopic (exact) mass is 239 g/mol. The predicted molar refractivity (Wildman–Crippen MR) is 62.3 cm³/mol. The van der Waals surface area contributed by atoms with E-state index < -0.39 is 0 Å².